The predicted molar refractivity (Wildman–Crippen MR) is 92.7 cm³/mol. The largest absolute Gasteiger partial charge is 0.465 e. The van der Waals surface area contributed by atoms with Crippen LogP contribution in [0.2, 0.25) is 0 Å². The third kappa shape index (κ3) is 9.08. The van der Waals surface area contributed by atoms with Crippen molar-refractivity contribution in [3.05, 3.63) is 0 Å². The number of carbonyl (C=O) groups is 2. The lowest BCUT2D eigenvalue weighted by atomic mass is 9.95. The van der Waals surface area contributed by atoms with E-state index in [4.69, 9.17) is 9.94 Å². The number of rotatable bonds is 12. The molecule has 1 rings (SSSR count). The molecule has 7 heteroatoms. The molecule has 3 N–H and O–H groups in total. The molecule has 0 aliphatic heterocycles. The van der Waals surface area contributed by atoms with Crippen molar-refractivity contribution in [3.8, 4) is 0 Å². The lowest BCUT2D eigenvalue weighted by molar-refractivity contribution is -0.203. The number of hydroxylamine groups is 2. The minimum absolute atomic E-state index is 0.0849. The van der Waals surface area contributed by atoms with Crippen LogP contribution in [-0.2, 0) is 9.63 Å². The summed E-state index contributed by atoms with van der Waals surface area (Å²) in [5.41, 5.74) is 0. The molecule has 0 heterocycles. The lowest BCUT2D eigenvalue weighted by Crippen LogP contribution is -2.42. The highest BCUT2D eigenvalue weighted by Gasteiger charge is 2.26. The Balaban J connectivity index is 2.25. The number of nitrogens with one attached hydrogen (secondary N) is 2. The average Bonchev–Trinajstić information content (AvgIpc) is 2.58. The van der Waals surface area contributed by atoms with Crippen molar-refractivity contribution in [3.63, 3.8) is 0 Å². The summed E-state index contributed by atoms with van der Waals surface area (Å²) < 4.78 is 0. The number of carbonyl (C=O) groups excluding carboxylic acids is 1. The van der Waals surface area contributed by atoms with Crippen molar-refractivity contribution in [1.29, 1.82) is 0 Å². The van der Waals surface area contributed by atoms with Crippen LogP contribution in [0, 0.1) is 0 Å². The Morgan fingerprint density at radius 3 is 2.46 bits per heavy atom. The summed E-state index contributed by atoms with van der Waals surface area (Å²) >= 11 is 0. The molecule has 140 valence electrons. The molecule has 1 saturated carbocycles. The van der Waals surface area contributed by atoms with E-state index in [9.17, 15) is 9.59 Å². The summed E-state index contributed by atoms with van der Waals surface area (Å²) in [6.45, 7) is 1.72. The molecule has 0 spiro atoms. The van der Waals surface area contributed by atoms with Crippen molar-refractivity contribution in [2.45, 2.75) is 70.3 Å². The van der Waals surface area contributed by atoms with E-state index < -0.39 is 6.09 Å². The van der Waals surface area contributed by atoms with Gasteiger partial charge in [-0.15, -0.1) is 0 Å². The van der Waals surface area contributed by atoms with E-state index in [0.29, 0.717) is 19.6 Å². The minimum atomic E-state index is -0.980. The molecular formula is C17H33N3O4. The summed E-state index contributed by atoms with van der Waals surface area (Å²) in [4.78, 5) is 28.6. The van der Waals surface area contributed by atoms with Crippen molar-refractivity contribution >= 4 is 12.0 Å². The number of carboxylic acid groups (broad SMARTS) is 1. The second kappa shape index (κ2) is 13.0. The van der Waals surface area contributed by atoms with Crippen LogP contribution in [0.15, 0.2) is 0 Å². The molecule has 0 atom stereocenters. The molecule has 2 amide bonds. The van der Waals surface area contributed by atoms with E-state index in [-0.39, 0.29) is 11.9 Å². The van der Waals surface area contributed by atoms with Gasteiger partial charge in [0.15, 0.2) is 0 Å². The third-order valence-corrected chi connectivity index (χ3v) is 4.33. The lowest BCUT2D eigenvalue weighted by Gasteiger charge is -2.33. The normalized spacial score (nSPS) is 15.2. The summed E-state index contributed by atoms with van der Waals surface area (Å²) in [5, 5.41) is 15.5. The van der Waals surface area contributed by atoms with Gasteiger partial charge < -0.3 is 15.7 Å². The first-order chi connectivity index (χ1) is 11.6. The van der Waals surface area contributed by atoms with Gasteiger partial charge in [-0.05, 0) is 32.7 Å². The van der Waals surface area contributed by atoms with Crippen molar-refractivity contribution in [1.82, 2.24) is 15.7 Å². The van der Waals surface area contributed by atoms with Crippen LogP contribution in [0.3, 0.4) is 0 Å². The van der Waals surface area contributed by atoms with Crippen LogP contribution in [0.4, 0.5) is 4.79 Å². The van der Waals surface area contributed by atoms with E-state index in [1.54, 1.807) is 5.06 Å². The highest BCUT2D eigenvalue weighted by Crippen LogP contribution is 2.23. The second-order valence-corrected chi connectivity index (χ2v) is 6.34. The minimum Gasteiger partial charge on any atom is -0.465 e. The molecule has 1 aliphatic carbocycles. The maximum atomic E-state index is 12.5. The van der Waals surface area contributed by atoms with Crippen LogP contribution >= 0.6 is 0 Å². The van der Waals surface area contributed by atoms with Gasteiger partial charge in [-0.25, -0.2) is 9.86 Å². The van der Waals surface area contributed by atoms with Crippen LogP contribution in [0.5, 0.6) is 0 Å². The van der Waals surface area contributed by atoms with Crippen LogP contribution in [0.25, 0.3) is 0 Å². The van der Waals surface area contributed by atoms with E-state index in [1.807, 2.05) is 7.05 Å². The Labute approximate surface area is 145 Å². The fourth-order valence-corrected chi connectivity index (χ4v) is 3.00. The molecule has 1 fully saturated rings. The fourth-order valence-electron chi connectivity index (χ4n) is 3.00. The quantitative estimate of drug-likeness (QED) is 0.374. The topological polar surface area (TPSA) is 90.9 Å². The Bertz CT molecular complexity index is 360. The Hall–Kier alpha value is -1.34. The number of amides is 2. The molecule has 0 aromatic rings. The van der Waals surface area contributed by atoms with Gasteiger partial charge in [0.05, 0.1) is 12.6 Å². The zero-order chi connectivity index (χ0) is 17.6. The molecule has 0 unspecified atom stereocenters. The van der Waals surface area contributed by atoms with E-state index >= 15 is 0 Å². The Kier molecular flexibility index (Phi) is 11.2. The summed E-state index contributed by atoms with van der Waals surface area (Å²) in [7, 11) is 1.87. The van der Waals surface area contributed by atoms with Crippen LogP contribution in [-0.4, -0.2) is 55.0 Å². The zero-order valence-electron chi connectivity index (χ0n) is 14.9. The van der Waals surface area contributed by atoms with E-state index in [1.165, 1.54) is 19.3 Å². The van der Waals surface area contributed by atoms with Gasteiger partial charge in [0.2, 0.25) is 5.91 Å². The van der Waals surface area contributed by atoms with Gasteiger partial charge in [-0.1, -0.05) is 32.1 Å². The van der Waals surface area contributed by atoms with Crippen molar-refractivity contribution in [2.75, 3.05) is 26.7 Å². The second-order valence-electron chi connectivity index (χ2n) is 6.34. The first-order valence-electron chi connectivity index (χ1n) is 9.21. The predicted octanol–water partition coefficient (Wildman–Crippen LogP) is 2.52. The summed E-state index contributed by atoms with van der Waals surface area (Å²) in [6.07, 6.45) is 8.67. The Morgan fingerprint density at radius 1 is 1.08 bits per heavy atom. The number of hydrogen-bond acceptors (Lipinski definition) is 4. The first-order valence-corrected chi connectivity index (χ1v) is 9.21. The van der Waals surface area contributed by atoms with Gasteiger partial charge in [0.25, 0.3) is 0 Å². The highest BCUT2D eigenvalue weighted by atomic mass is 16.7. The van der Waals surface area contributed by atoms with Gasteiger partial charge in [-0.2, -0.15) is 0 Å². The molecule has 7 nitrogen and oxygen atoms in total. The number of likely N-dealkylation sites (N-methyl/N-ethyl adjacent to an activating group) is 1. The molecule has 0 aromatic carbocycles. The zero-order valence-corrected chi connectivity index (χ0v) is 14.9. The van der Waals surface area contributed by atoms with Crippen molar-refractivity contribution < 1.29 is 19.5 Å². The monoisotopic (exact) mass is 343 g/mol. The molecule has 1 aliphatic rings. The van der Waals surface area contributed by atoms with Crippen LogP contribution < -0.4 is 10.6 Å². The smallest absolute Gasteiger partial charge is 0.404 e. The molecule has 0 saturated heterocycles. The first kappa shape index (κ1) is 20.7. The van der Waals surface area contributed by atoms with Crippen LogP contribution in [0.1, 0.15) is 64.2 Å². The summed E-state index contributed by atoms with van der Waals surface area (Å²) in [6, 6.07) is 0.225. The maximum absolute atomic E-state index is 12.5. The number of unbranched alkanes of at least 4 members (excludes halogenated alkanes) is 3. The van der Waals surface area contributed by atoms with Gasteiger partial charge in [0, 0.05) is 19.5 Å². The number of nitrogens with zero attached hydrogens (tertiary/aromatic N) is 1. The molecule has 0 bridgehead atoms. The van der Waals surface area contributed by atoms with Gasteiger partial charge >= 0.3 is 6.09 Å². The molecular weight excluding hydrogens is 310 g/mol. The molecule has 24 heavy (non-hydrogen) atoms. The molecule has 0 radical (unpaired) electrons. The van der Waals surface area contributed by atoms with Crippen molar-refractivity contribution in [2.24, 2.45) is 0 Å². The number of hydrogen-bond donors (Lipinski definition) is 3. The summed E-state index contributed by atoms with van der Waals surface area (Å²) in [5.74, 6) is 0.0849. The van der Waals surface area contributed by atoms with E-state index in [0.717, 1.165) is 45.1 Å². The van der Waals surface area contributed by atoms with E-state index in [2.05, 4.69) is 10.6 Å². The standard InChI is InChI=1S/C17H33N3O4/c1-18-13-14-24-20(15-9-5-4-6-10-15)16(21)11-7-2-3-8-12-19-17(22)23/h15,18-19H,2-14H2,1H3,(H,22,23). The molecule has 0 aromatic heterocycles. The SMILES string of the molecule is CNCCON(C(=O)CCCCCCNC(=O)O)C1CCCCC1. The van der Waals surface area contributed by atoms with Gasteiger partial charge in [0.1, 0.15) is 0 Å². The fraction of sp³-hybridized carbons (Fsp3) is 0.882. The average molecular weight is 343 g/mol. The highest BCUT2D eigenvalue weighted by molar-refractivity contribution is 5.75. The van der Waals surface area contributed by atoms with Gasteiger partial charge in [-0.3, -0.25) is 9.63 Å². The third-order valence-electron chi connectivity index (χ3n) is 4.33. The Morgan fingerprint density at radius 2 is 1.79 bits per heavy atom. The maximum Gasteiger partial charge on any atom is 0.404 e.